The van der Waals surface area contributed by atoms with Gasteiger partial charge in [0, 0.05) is 82.9 Å². The molecular formula is C68H92BrIN8O23Si. The van der Waals surface area contributed by atoms with Crippen LogP contribution in [-0.4, -0.2) is 134 Å². The molecule has 102 heavy (non-hydrogen) atoms. The summed E-state index contributed by atoms with van der Waals surface area (Å²) in [5.74, 6) is 5.32. The molecule has 0 radical (unpaired) electrons. The van der Waals surface area contributed by atoms with Gasteiger partial charge in [0.25, 0.3) is 28.1 Å². The first-order valence-corrected chi connectivity index (χ1v) is 38.3. The number of H-pyrrole nitrogens is 2. The number of rotatable bonds is 23. The maximum atomic E-state index is 13.2. The van der Waals surface area contributed by atoms with Crippen molar-refractivity contribution in [2.45, 2.75) is 231 Å². The molecule has 2 aromatic carbocycles. The van der Waals surface area contributed by atoms with Gasteiger partial charge in [-0.1, -0.05) is 83.2 Å². The molecule has 3 aliphatic heterocycles. The van der Waals surface area contributed by atoms with E-state index in [1.165, 1.54) is 42.2 Å². The van der Waals surface area contributed by atoms with Gasteiger partial charge in [-0.15, -0.1) is 0 Å². The van der Waals surface area contributed by atoms with Crippen LogP contribution in [0.4, 0.5) is 16.2 Å². The van der Waals surface area contributed by atoms with Gasteiger partial charge in [-0.25, -0.2) is 19.2 Å². The molecule has 6 N–H and O–H groups in total. The second-order valence-electron chi connectivity index (χ2n) is 28.1. The van der Waals surface area contributed by atoms with Gasteiger partial charge >= 0.3 is 23.2 Å². The van der Waals surface area contributed by atoms with E-state index in [1.807, 2.05) is 57.2 Å². The summed E-state index contributed by atoms with van der Waals surface area (Å²) < 4.78 is 45.9. The van der Waals surface area contributed by atoms with Gasteiger partial charge in [-0.05, 0) is 111 Å². The first kappa shape index (κ1) is 83.9. The topological polar surface area (TPSA) is 420 Å². The highest BCUT2D eigenvalue weighted by Gasteiger charge is 2.46. The number of carbonyl (C=O) groups excluding carboxylic acids is 2. The number of hydrogen-bond acceptors (Lipinski definition) is 23. The monoisotopic (exact) mass is 1620 g/mol. The smallest absolute Gasteiger partial charge is 0.425 e. The zero-order valence-corrected chi connectivity index (χ0v) is 64.2. The Balaban J connectivity index is 0.000000242. The molecule has 0 bridgehead atoms. The number of nitro benzene ring substituents is 2. The SMILES string of the molecule is CC(=O)CCC#Cc1ccc([C@H](OCc2cn([C@H]3CC(O)[C@@H](CO)O3)c(=O)[nH]c2=O)C(C)C)c([N+](=O)[O-])c1.CC(C)[C@@H](OCc1cn([C@H]2CC(O)[C@@H](CO)O2)c(=O)[nH]c1=O)c1ccc(I)cc1[N+](=O)[O-].CC[C@H]1O[C@@H](n2cc(CBr)c(=O)n(C(=O)OC(C)(C)C)c2=O)CC1O[Si](C)(C)C(C)(C)C. The Morgan fingerprint density at radius 1 is 0.725 bits per heavy atom. The average Bonchev–Trinajstić information content (AvgIpc) is 1.47. The lowest BCUT2D eigenvalue weighted by Gasteiger charge is -2.39. The van der Waals surface area contributed by atoms with Gasteiger partial charge in [0.1, 0.15) is 42.3 Å². The molecule has 560 valence electrons. The number of ether oxygens (including phenoxy) is 6. The number of nitro groups is 2. The summed E-state index contributed by atoms with van der Waals surface area (Å²) >= 11 is 5.27. The van der Waals surface area contributed by atoms with E-state index in [0.29, 0.717) is 44.1 Å². The van der Waals surface area contributed by atoms with Crippen molar-refractivity contribution in [2.75, 3.05) is 13.2 Å². The molecule has 0 saturated carbocycles. The number of nitrogens with one attached hydrogen (secondary N) is 2. The number of aliphatic hydroxyl groups excluding tert-OH is 4. The van der Waals surface area contributed by atoms with Gasteiger partial charge < -0.3 is 53.3 Å². The number of alkyl halides is 1. The Kier molecular flexibility index (Phi) is 29.7. The molecule has 5 aromatic rings. The number of Topliss-reactive ketones (excluding diaryl/α,β-unsaturated/α-hetero) is 1. The van der Waals surface area contributed by atoms with Gasteiger partial charge in [-0.3, -0.25) is 63.1 Å². The molecule has 3 fully saturated rings. The van der Waals surface area contributed by atoms with E-state index < -0.39 is 132 Å². The first-order valence-electron chi connectivity index (χ1n) is 33.2. The Morgan fingerprint density at radius 2 is 1.19 bits per heavy atom. The van der Waals surface area contributed by atoms with Crippen molar-refractivity contribution in [1.82, 2.24) is 28.2 Å². The zero-order valence-electron chi connectivity index (χ0n) is 59.5. The number of ketones is 1. The average molecular weight is 1620 g/mol. The maximum Gasteiger partial charge on any atom is 0.425 e. The minimum absolute atomic E-state index is 0.00881. The van der Waals surface area contributed by atoms with E-state index >= 15 is 0 Å². The summed E-state index contributed by atoms with van der Waals surface area (Å²) in [5.41, 5.74) is -3.80. The third-order valence-corrected chi connectivity index (χ3v) is 23.2. The predicted molar refractivity (Wildman–Crippen MR) is 386 cm³/mol. The van der Waals surface area contributed by atoms with Crippen molar-refractivity contribution in [2.24, 2.45) is 11.8 Å². The van der Waals surface area contributed by atoms with Crippen LogP contribution >= 0.6 is 38.5 Å². The Bertz CT molecular complexity index is 4260. The van der Waals surface area contributed by atoms with Crippen molar-refractivity contribution >= 4 is 70.1 Å². The van der Waals surface area contributed by atoms with Crippen molar-refractivity contribution in [3.8, 4) is 11.8 Å². The summed E-state index contributed by atoms with van der Waals surface area (Å²) in [4.78, 5) is 126. The van der Waals surface area contributed by atoms with E-state index in [9.17, 15) is 79.0 Å². The van der Waals surface area contributed by atoms with Crippen molar-refractivity contribution in [3.63, 3.8) is 0 Å². The number of halogens is 2. The first-order chi connectivity index (χ1) is 47.6. The normalized spacial score (nSPS) is 21.1. The Hall–Kier alpha value is -6.99. The summed E-state index contributed by atoms with van der Waals surface area (Å²) in [6, 6.07) is 9.39. The minimum atomic E-state index is -2.06. The highest BCUT2D eigenvalue weighted by Crippen LogP contribution is 2.42. The second kappa shape index (κ2) is 36.1. The number of nitrogens with zero attached hydrogens (tertiary/aromatic N) is 6. The van der Waals surface area contributed by atoms with Crippen LogP contribution in [0, 0.1) is 47.5 Å². The molecule has 31 nitrogen and oxygen atoms in total. The van der Waals surface area contributed by atoms with E-state index in [-0.39, 0.29) is 94.3 Å². The molecule has 11 atom stereocenters. The summed E-state index contributed by atoms with van der Waals surface area (Å²) in [6.07, 6.45) is -2.82. The molecular weight excluding hydrogens is 1530 g/mol. The fraction of sp³-hybridized carbons (Fsp3) is 0.588. The van der Waals surface area contributed by atoms with Gasteiger partial charge in [-0.2, -0.15) is 4.57 Å². The summed E-state index contributed by atoms with van der Waals surface area (Å²) in [7, 11) is -2.06. The van der Waals surface area contributed by atoms with Gasteiger partial charge in [0.05, 0.1) is 95.2 Å². The van der Waals surface area contributed by atoms with E-state index in [4.69, 9.17) is 32.8 Å². The Morgan fingerprint density at radius 3 is 1.61 bits per heavy atom. The number of aromatic nitrogens is 6. The molecule has 3 aromatic heterocycles. The molecule has 3 aliphatic rings. The van der Waals surface area contributed by atoms with Crippen LogP contribution in [0.15, 0.2) is 83.8 Å². The lowest BCUT2D eigenvalue weighted by molar-refractivity contribution is -0.386. The highest BCUT2D eigenvalue weighted by molar-refractivity contribution is 14.1. The third-order valence-electron chi connectivity index (χ3n) is 17.4. The molecule has 6 heterocycles. The number of aromatic amines is 2. The molecule has 3 unspecified atom stereocenters. The summed E-state index contributed by atoms with van der Waals surface area (Å²) in [6.45, 7) is 25.4. The lowest BCUT2D eigenvalue weighted by atomic mass is 9.96. The van der Waals surface area contributed by atoms with Gasteiger partial charge in [0.2, 0.25) is 0 Å². The fourth-order valence-corrected chi connectivity index (χ4v) is 13.3. The Labute approximate surface area is 610 Å². The molecule has 34 heteroatoms. The van der Waals surface area contributed by atoms with Gasteiger partial charge in [0.15, 0.2) is 8.32 Å². The van der Waals surface area contributed by atoms with E-state index in [2.05, 4.69) is 71.6 Å². The quantitative estimate of drug-likeness (QED) is 0.00897. The molecule has 0 amide bonds. The van der Waals surface area contributed by atoms with Crippen LogP contribution in [0.1, 0.15) is 186 Å². The van der Waals surface area contributed by atoms with Crippen molar-refractivity contribution in [1.29, 1.82) is 0 Å². The van der Waals surface area contributed by atoms with Crippen LogP contribution in [0.2, 0.25) is 18.1 Å². The van der Waals surface area contributed by atoms with Crippen LogP contribution in [0.5, 0.6) is 0 Å². The lowest BCUT2D eigenvalue weighted by Crippen LogP contribution is -2.47. The van der Waals surface area contributed by atoms with Crippen LogP contribution < -0.4 is 33.7 Å². The maximum absolute atomic E-state index is 13.2. The molecule has 0 spiro atoms. The number of carbonyl (C=O) groups is 2. The molecule has 8 rings (SSSR count). The molecule has 3 saturated heterocycles. The third kappa shape index (κ3) is 21.6. The van der Waals surface area contributed by atoms with E-state index in [0.717, 1.165) is 15.6 Å². The number of benzene rings is 2. The second-order valence-corrected chi connectivity index (χ2v) is 34.7. The van der Waals surface area contributed by atoms with Crippen molar-refractivity contribution in [3.05, 3.63) is 175 Å². The zero-order chi connectivity index (χ0) is 76.2. The largest absolute Gasteiger partial charge is 0.443 e. The van der Waals surface area contributed by atoms with E-state index in [1.54, 1.807) is 45.0 Å². The minimum Gasteiger partial charge on any atom is -0.443 e. The predicted octanol–water partition coefficient (Wildman–Crippen LogP) is 8.10. The summed E-state index contributed by atoms with van der Waals surface area (Å²) in [5, 5.41) is 62.1. The molecule has 0 aliphatic carbocycles. The highest BCUT2D eigenvalue weighted by atomic mass is 127. The number of hydrogen-bond donors (Lipinski definition) is 6. The van der Waals surface area contributed by atoms with Crippen LogP contribution in [0.3, 0.4) is 0 Å². The standard InChI is InChI=1S/C26H31N3O9.C22H37BrN2O6Si.C20H24IN3O8/c1-15(2)24(19-9-8-17(10-20(19)29(35)36)7-5-4-6-16(3)31)37-14-18-12-28(26(34)27-25(18)33)23-11-21(32)22(13-30)38-23;1-10-15-16(31-32(8,9)22(5,6)7)11-17(29-15)24-13-14(12-23)18(26)25(19(24)27)20(28)30-21(2,3)4;1-10(2)18(13-4-3-12(21)5-14(13)24(29)30)31-9-11-7-23(20(28)22-19(11)27)17-6-15(26)16(8-25)32-17/h8-10,12,15,21-24,30,32H,4,6,11,13-14H2,1-3H3,(H,27,33,34);13,15-17H,10-12H2,1-9H3;3-5,7,10,15-18,25-26H,6,8-9H2,1-2H3,(H,22,27,28)/t21?,22-,23-,24-;15-,16?,17-;15?,16-,17-,18-/m111/s1. The van der Waals surface area contributed by atoms with Crippen molar-refractivity contribution < 1.29 is 72.7 Å². The van der Waals surface area contributed by atoms with Crippen LogP contribution in [-0.2, 0) is 56.2 Å². The fourth-order valence-electron chi connectivity index (χ4n) is 11.1. The van der Waals surface area contributed by atoms with Crippen LogP contribution in [0.25, 0.3) is 0 Å². The number of aliphatic hydroxyl groups is 4.